The molecule has 0 aromatic heterocycles. The molecule has 0 aliphatic heterocycles. The highest BCUT2D eigenvalue weighted by atomic mass is 127. The summed E-state index contributed by atoms with van der Waals surface area (Å²) in [5.74, 6) is 0.807. The van der Waals surface area contributed by atoms with Crippen molar-refractivity contribution >= 4 is 56.7 Å². The first-order chi connectivity index (χ1) is 12.0. The predicted molar refractivity (Wildman–Crippen MR) is 117 cm³/mol. The highest BCUT2D eigenvalue weighted by Crippen LogP contribution is 2.27. The second-order valence-electron chi connectivity index (χ2n) is 6.23. The number of benzene rings is 3. The van der Waals surface area contributed by atoms with E-state index >= 15 is 0 Å². The van der Waals surface area contributed by atoms with Crippen LogP contribution >= 0.6 is 34.4 Å². The number of nitrogens with one attached hydrogen (secondary N) is 1. The Morgan fingerprint density at radius 3 is 2.56 bits per heavy atom. The Morgan fingerprint density at radius 2 is 1.80 bits per heavy atom. The molecule has 2 nitrogen and oxygen atoms in total. The summed E-state index contributed by atoms with van der Waals surface area (Å²) in [7, 11) is 0. The number of hydrogen-bond acceptors (Lipinski definition) is 2. The summed E-state index contributed by atoms with van der Waals surface area (Å²) in [6, 6.07) is 20.7. The van der Waals surface area contributed by atoms with Crippen LogP contribution in [0.5, 0.6) is 0 Å². The van der Waals surface area contributed by atoms with Crippen molar-refractivity contribution in [3.05, 3.63) is 69.8 Å². The average Bonchev–Trinajstić information content (AvgIpc) is 2.61. The Labute approximate surface area is 166 Å². The third kappa shape index (κ3) is 4.76. The Balaban J connectivity index is 1.66. The fourth-order valence-electron chi connectivity index (χ4n) is 2.72. The summed E-state index contributed by atoms with van der Waals surface area (Å²) in [6.45, 7) is 4.29. The molecule has 0 heterocycles. The lowest BCUT2D eigenvalue weighted by molar-refractivity contribution is -0.113. The molecule has 128 valence electrons. The monoisotopic (exact) mass is 461 g/mol. The standard InChI is InChI=1S/C21H20INOS/c1-14(2)19-12-17(22)8-10-20(19)23-21(24)13-25-18-9-7-15-5-3-4-6-16(15)11-18/h3-12,14H,13H2,1-2H3,(H,23,24). The Kier molecular flexibility index (Phi) is 6.02. The molecule has 0 radical (unpaired) electrons. The molecule has 0 spiro atoms. The zero-order valence-electron chi connectivity index (χ0n) is 14.3. The van der Waals surface area contributed by atoms with Crippen LogP contribution < -0.4 is 5.32 Å². The van der Waals surface area contributed by atoms with E-state index in [2.05, 4.69) is 78.2 Å². The summed E-state index contributed by atoms with van der Waals surface area (Å²) < 4.78 is 1.19. The van der Waals surface area contributed by atoms with E-state index in [-0.39, 0.29) is 5.91 Å². The topological polar surface area (TPSA) is 29.1 Å². The van der Waals surface area contributed by atoms with Crippen LogP contribution in [0.3, 0.4) is 0 Å². The van der Waals surface area contributed by atoms with Crippen LogP contribution in [0.25, 0.3) is 10.8 Å². The first-order valence-corrected chi connectivity index (χ1v) is 10.3. The molecule has 0 aliphatic rings. The van der Waals surface area contributed by atoms with Gasteiger partial charge in [0.05, 0.1) is 5.75 Å². The highest BCUT2D eigenvalue weighted by molar-refractivity contribution is 14.1. The van der Waals surface area contributed by atoms with E-state index in [4.69, 9.17) is 0 Å². The summed E-state index contributed by atoms with van der Waals surface area (Å²) in [5.41, 5.74) is 2.09. The van der Waals surface area contributed by atoms with Gasteiger partial charge < -0.3 is 5.32 Å². The first-order valence-electron chi connectivity index (χ1n) is 8.24. The van der Waals surface area contributed by atoms with Gasteiger partial charge >= 0.3 is 0 Å². The van der Waals surface area contributed by atoms with Crippen LogP contribution in [-0.2, 0) is 4.79 Å². The van der Waals surface area contributed by atoms with E-state index in [0.717, 1.165) is 10.6 Å². The van der Waals surface area contributed by atoms with Gasteiger partial charge in [0.1, 0.15) is 0 Å². The highest BCUT2D eigenvalue weighted by Gasteiger charge is 2.11. The number of carbonyl (C=O) groups excluding carboxylic acids is 1. The average molecular weight is 461 g/mol. The number of hydrogen-bond donors (Lipinski definition) is 1. The van der Waals surface area contributed by atoms with Crippen LogP contribution in [0.4, 0.5) is 5.69 Å². The van der Waals surface area contributed by atoms with Gasteiger partial charge in [-0.15, -0.1) is 11.8 Å². The summed E-state index contributed by atoms with van der Waals surface area (Å²) in [5, 5.41) is 5.48. The molecule has 0 bridgehead atoms. The van der Waals surface area contributed by atoms with Gasteiger partial charge in [0.2, 0.25) is 5.91 Å². The summed E-state index contributed by atoms with van der Waals surface area (Å²) in [4.78, 5) is 13.5. The molecule has 0 fully saturated rings. The molecule has 0 saturated heterocycles. The van der Waals surface area contributed by atoms with E-state index in [0.29, 0.717) is 11.7 Å². The fraction of sp³-hybridized carbons (Fsp3) is 0.190. The van der Waals surface area contributed by atoms with E-state index in [1.165, 1.54) is 19.9 Å². The van der Waals surface area contributed by atoms with Crippen molar-refractivity contribution in [3.8, 4) is 0 Å². The number of amides is 1. The summed E-state index contributed by atoms with van der Waals surface area (Å²) >= 11 is 3.87. The van der Waals surface area contributed by atoms with Crippen molar-refractivity contribution in [3.63, 3.8) is 0 Å². The Hall–Kier alpha value is -1.53. The zero-order valence-corrected chi connectivity index (χ0v) is 17.2. The van der Waals surface area contributed by atoms with Gasteiger partial charge in [-0.2, -0.15) is 0 Å². The third-order valence-electron chi connectivity index (χ3n) is 4.00. The molecule has 3 aromatic carbocycles. The minimum absolute atomic E-state index is 0.0290. The maximum absolute atomic E-state index is 12.4. The van der Waals surface area contributed by atoms with Crippen LogP contribution in [0.2, 0.25) is 0 Å². The fourth-order valence-corrected chi connectivity index (χ4v) is 3.98. The minimum atomic E-state index is 0.0290. The van der Waals surface area contributed by atoms with Gasteiger partial charge in [-0.1, -0.05) is 44.2 Å². The maximum atomic E-state index is 12.4. The number of carbonyl (C=O) groups is 1. The number of thioether (sulfide) groups is 1. The quantitative estimate of drug-likeness (QED) is 0.357. The van der Waals surface area contributed by atoms with Gasteiger partial charge in [0.15, 0.2) is 0 Å². The number of halogens is 1. The molecule has 3 rings (SSSR count). The van der Waals surface area contributed by atoms with Gasteiger partial charge in [0.25, 0.3) is 0 Å². The van der Waals surface area contributed by atoms with Gasteiger partial charge in [0, 0.05) is 14.2 Å². The van der Waals surface area contributed by atoms with Crippen LogP contribution in [-0.4, -0.2) is 11.7 Å². The molecule has 0 aliphatic carbocycles. The lowest BCUT2D eigenvalue weighted by atomic mass is 10.0. The lowest BCUT2D eigenvalue weighted by Gasteiger charge is -2.14. The molecular weight excluding hydrogens is 441 g/mol. The lowest BCUT2D eigenvalue weighted by Crippen LogP contribution is -2.15. The Morgan fingerprint density at radius 1 is 1.04 bits per heavy atom. The summed E-state index contributed by atoms with van der Waals surface area (Å²) in [6.07, 6.45) is 0. The second kappa shape index (κ2) is 8.23. The predicted octanol–water partition coefficient (Wildman–Crippen LogP) is 6.30. The molecule has 25 heavy (non-hydrogen) atoms. The normalized spacial score (nSPS) is 11.0. The number of fused-ring (bicyclic) bond motifs is 1. The molecule has 0 atom stereocenters. The van der Waals surface area contributed by atoms with E-state index in [1.54, 1.807) is 11.8 Å². The smallest absolute Gasteiger partial charge is 0.234 e. The first kappa shape index (κ1) is 18.3. The van der Waals surface area contributed by atoms with Crippen LogP contribution in [0.1, 0.15) is 25.3 Å². The maximum Gasteiger partial charge on any atom is 0.234 e. The van der Waals surface area contributed by atoms with Crippen molar-refractivity contribution in [1.82, 2.24) is 0 Å². The molecule has 1 amide bonds. The molecule has 0 unspecified atom stereocenters. The molecular formula is C21H20INOS. The molecule has 0 saturated carbocycles. The van der Waals surface area contributed by atoms with Crippen molar-refractivity contribution in [2.45, 2.75) is 24.7 Å². The van der Waals surface area contributed by atoms with Crippen LogP contribution in [0.15, 0.2) is 65.6 Å². The Bertz CT molecular complexity index is 907. The largest absolute Gasteiger partial charge is 0.325 e. The zero-order chi connectivity index (χ0) is 17.8. The van der Waals surface area contributed by atoms with E-state index in [9.17, 15) is 4.79 Å². The third-order valence-corrected chi connectivity index (χ3v) is 5.67. The number of anilines is 1. The minimum Gasteiger partial charge on any atom is -0.325 e. The van der Waals surface area contributed by atoms with Crippen molar-refractivity contribution in [2.75, 3.05) is 11.1 Å². The van der Waals surface area contributed by atoms with Gasteiger partial charge in [-0.25, -0.2) is 0 Å². The van der Waals surface area contributed by atoms with Crippen LogP contribution in [0, 0.1) is 3.57 Å². The van der Waals surface area contributed by atoms with Crippen molar-refractivity contribution < 1.29 is 4.79 Å². The van der Waals surface area contributed by atoms with Gasteiger partial charge in [-0.3, -0.25) is 4.79 Å². The number of rotatable bonds is 5. The molecule has 3 aromatic rings. The molecule has 1 N–H and O–H groups in total. The second-order valence-corrected chi connectivity index (χ2v) is 8.53. The van der Waals surface area contributed by atoms with E-state index in [1.807, 2.05) is 24.3 Å². The van der Waals surface area contributed by atoms with Crippen molar-refractivity contribution in [1.29, 1.82) is 0 Å². The molecule has 4 heteroatoms. The van der Waals surface area contributed by atoms with Crippen molar-refractivity contribution in [2.24, 2.45) is 0 Å². The SMILES string of the molecule is CC(C)c1cc(I)ccc1NC(=O)CSc1ccc2ccccc2c1. The van der Waals surface area contributed by atoms with Gasteiger partial charge in [-0.05, 0) is 75.2 Å². The van der Waals surface area contributed by atoms with E-state index < -0.39 is 0 Å².